The number of hydrogen-bond donors (Lipinski definition) is 2. The van der Waals surface area contributed by atoms with Gasteiger partial charge in [0.1, 0.15) is 17.1 Å². The summed E-state index contributed by atoms with van der Waals surface area (Å²) in [5.74, 6) is 1.58. The smallest absolute Gasteiger partial charge is 0.107 e. The van der Waals surface area contributed by atoms with E-state index in [9.17, 15) is 5.11 Å². The number of nitrogens with zero attached hydrogens (tertiary/aromatic N) is 1. The van der Waals surface area contributed by atoms with Crippen molar-refractivity contribution in [3.05, 3.63) is 52.4 Å². The third-order valence-corrected chi connectivity index (χ3v) is 5.05. The number of aromatic nitrogens is 1. The van der Waals surface area contributed by atoms with Crippen molar-refractivity contribution in [3.8, 4) is 0 Å². The van der Waals surface area contributed by atoms with Gasteiger partial charge in [0.2, 0.25) is 0 Å². The highest BCUT2D eigenvalue weighted by Crippen LogP contribution is 2.28. The van der Waals surface area contributed by atoms with E-state index in [4.69, 9.17) is 4.42 Å². The summed E-state index contributed by atoms with van der Waals surface area (Å²) < 4.78 is 6.72. The van der Waals surface area contributed by atoms with Crippen LogP contribution >= 0.6 is 11.3 Å². The Morgan fingerprint density at radius 2 is 2.17 bits per heavy atom. The fraction of sp³-hybridized carbons (Fsp3) is 0.389. The van der Waals surface area contributed by atoms with E-state index in [1.165, 1.54) is 4.70 Å². The monoisotopic (exact) mass is 330 g/mol. The SMILES string of the molecule is Cc1cc(C(C)(O)CNC(C)c2cnc3ccsc3c2)c(C)o1. The van der Waals surface area contributed by atoms with Gasteiger partial charge in [-0.15, -0.1) is 11.3 Å². The Bertz CT molecular complexity index is 819. The van der Waals surface area contributed by atoms with Crippen LogP contribution in [0.2, 0.25) is 0 Å². The van der Waals surface area contributed by atoms with Gasteiger partial charge in [-0.25, -0.2) is 0 Å². The molecule has 0 fully saturated rings. The zero-order valence-corrected chi connectivity index (χ0v) is 14.7. The van der Waals surface area contributed by atoms with Crippen molar-refractivity contribution in [2.45, 2.75) is 39.3 Å². The van der Waals surface area contributed by atoms with Gasteiger partial charge >= 0.3 is 0 Å². The first-order valence-corrected chi connectivity index (χ1v) is 8.61. The molecule has 0 aromatic carbocycles. The largest absolute Gasteiger partial charge is 0.466 e. The summed E-state index contributed by atoms with van der Waals surface area (Å²) in [5.41, 5.74) is 2.01. The predicted molar refractivity (Wildman–Crippen MR) is 93.8 cm³/mol. The summed E-state index contributed by atoms with van der Waals surface area (Å²) in [6.07, 6.45) is 1.90. The van der Waals surface area contributed by atoms with Crippen molar-refractivity contribution >= 4 is 21.6 Å². The molecule has 3 aromatic heterocycles. The molecular formula is C18H22N2O2S. The quantitative estimate of drug-likeness (QED) is 0.740. The molecule has 0 aliphatic carbocycles. The van der Waals surface area contributed by atoms with Crippen LogP contribution in [0.25, 0.3) is 10.2 Å². The maximum atomic E-state index is 10.8. The highest BCUT2D eigenvalue weighted by Gasteiger charge is 2.28. The first kappa shape index (κ1) is 16.2. The van der Waals surface area contributed by atoms with Gasteiger partial charge in [-0.05, 0) is 56.8 Å². The van der Waals surface area contributed by atoms with Crippen molar-refractivity contribution in [3.63, 3.8) is 0 Å². The van der Waals surface area contributed by atoms with E-state index in [0.717, 1.165) is 28.2 Å². The van der Waals surface area contributed by atoms with Crippen LogP contribution in [0, 0.1) is 13.8 Å². The van der Waals surface area contributed by atoms with Crippen LogP contribution in [0.1, 0.15) is 42.5 Å². The van der Waals surface area contributed by atoms with E-state index >= 15 is 0 Å². The molecule has 3 rings (SSSR count). The Morgan fingerprint density at radius 1 is 1.39 bits per heavy atom. The second-order valence-electron chi connectivity index (χ2n) is 6.28. The summed E-state index contributed by atoms with van der Waals surface area (Å²) in [7, 11) is 0. The molecule has 0 saturated carbocycles. The number of rotatable bonds is 5. The molecule has 5 heteroatoms. The summed E-state index contributed by atoms with van der Waals surface area (Å²) in [5, 5.41) is 16.2. The van der Waals surface area contributed by atoms with Crippen molar-refractivity contribution < 1.29 is 9.52 Å². The highest BCUT2D eigenvalue weighted by molar-refractivity contribution is 7.17. The molecule has 0 aliphatic rings. The molecule has 0 spiro atoms. The minimum absolute atomic E-state index is 0.105. The van der Waals surface area contributed by atoms with Crippen LogP contribution in [0.15, 0.2) is 34.2 Å². The Hall–Kier alpha value is -1.69. The molecule has 122 valence electrons. The van der Waals surface area contributed by atoms with E-state index in [1.54, 1.807) is 11.3 Å². The number of aryl methyl sites for hydroxylation is 2. The lowest BCUT2D eigenvalue weighted by atomic mass is 9.95. The van der Waals surface area contributed by atoms with E-state index in [-0.39, 0.29) is 6.04 Å². The Kier molecular flexibility index (Phi) is 4.27. The average molecular weight is 330 g/mol. The van der Waals surface area contributed by atoms with Crippen molar-refractivity contribution in [2.24, 2.45) is 0 Å². The van der Waals surface area contributed by atoms with Gasteiger partial charge in [0.05, 0.1) is 10.2 Å². The summed E-state index contributed by atoms with van der Waals surface area (Å²) in [6, 6.07) is 6.19. The third kappa shape index (κ3) is 3.32. The number of hydrogen-bond acceptors (Lipinski definition) is 5. The van der Waals surface area contributed by atoms with E-state index in [2.05, 4.69) is 23.3 Å². The van der Waals surface area contributed by atoms with Gasteiger partial charge in [0, 0.05) is 24.3 Å². The Labute approximate surface area is 140 Å². The van der Waals surface area contributed by atoms with Crippen molar-refractivity contribution in [2.75, 3.05) is 6.54 Å². The van der Waals surface area contributed by atoms with Crippen LogP contribution in [0.3, 0.4) is 0 Å². The fourth-order valence-electron chi connectivity index (χ4n) is 2.83. The van der Waals surface area contributed by atoms with Gasteiger partial charge in [-0.1, -0.05) is 0 Å². The summed E-state index contributed by atoms with van der Waals surface area (Å²) in [4.78, 5) is 4.48. The van der Waals surface area contributed by atoms with Gasteiger partial charge in [-0.2, -0.15) is 0 Å². The van der Waals surface area contributed by atoms with Crippen molar-refractivity contribution in [1.82, 2.24) is 10.3 Å². The molecule has 2 unspecified atom stereocenters. The van der Waals surface area contributed by atoms with Crippen LogP contribution in [-0.4, -0.2) is 16.6 Å². The van der Waals surface area contributed by atoms with E-state index in [0.29, 0.717) is 6.54 Å². The second-order valence-corrected chi connectivity index (χ2v) is 7.22. The lowest BCUT2D eigenvalue weighted by molar-refractivity contribution is 0.0529. The zero-order valence-electron chi connectivity index (χ0n) is 13.9. The minimum atomic E-state index is -0.976. The molecule has 0 amide bonds. The Morgan fingerprint density at radius 3 is 2.87 bits per heavy atom. The number of aliphatic hydroxyl groups is 1. The van der Waals surface area contributed by atoms with Gasteiger partial charge in [-0.3, -0.25) is 4.98 Å². The summed E-state index contributed by atoms with van der Waals surface area (Å²) >= 11 is 1.69. The van der Waals surface area contributed by atoms with Gasteiger partial charge in [0.15, 0.2) is 0 Å². The first-order chi connectivity index (χ1) is 10.9. The number of thiophene rings is 1. The average Bonchev–Trinajstić information content (AvgIpc) is 3.10. The summed E-state index contributed by atoms with van der Waals surface area (Å²) in [6.45, 7) is 8.11. The highest BCUT2D eigenvalue weighted by atomic mass is 32.1. The maximum Gasteiger partial charge on any atom is 0.107 e. The van der Waals surface area contributed by atoms with Crippen LogP contribution < -0.4 is 5.32 Å². The second kappa shape index (κ2) is 6.07. The van der Waals surface area contributed by atoms with Gasteiger partial charge in [0.25, 0.3) is 0 Å². The predicted octanol–water partition coefficient (Wildman–Crippen LogP) is 4.06. The number of furan rings is 1. The molecular weight excluding hydrogens is 308 g/mol. The van der Waals surface area contributed by atoms with Gasteiger partial charge < -0.3 is 14.8 Å². The molecule has 2 N–H and O–H groups in total. The minimum Gasteiger partial charge on any atom is -0.466 e. The molecule has 0 radical (unpaired) electrons. The lowest BCUT2D eigenvalue weighted by Gasteiger charge is -2.26. The molecule has 0 bridgehead atoms. The standard InChI is InChI=1S/C18H22N2O2S/c1-11-7-15(13(3)22-11)18(4,21)10-20-12(2)14-8-17-16(19-9-14)5-6-23-17/h5-9,12,20-21H,10H2,1-4H3. The third-order valence-electron chi connectivity index (χ3n) is 4.20. The lowest BCUT2D eigenvalue weighted by Crippen LogP contribution is -2.36. The normalized spacial score (nSPS) is 15.7. The number of fused-ring (bicyclic) bond motifs is 1. The molecule has 2 atom stereocenters. The van der Waals surface area contributed by atoms with Crippen LogP contribution in [0.4, 0.5) is 0 Å². The van der Waals surface area contributed by atoms with Crippen LogP contribution in [0.5, 0.6) is 0 Å². The molecule has 0 saturated heterocycles. The Balaban J connectivity index is 1.72. The first-order valence-electron chi connectivity index (χ1n) is 7.73. The van der Waals surface area contributed by atoms with E-state index < -0.39 is 5.60 Å². The van der Waals surface area contributed by atoms with E-state index in [1.807, 2.05) is 44.5 Å². The molecule has 3 heterocycles. The fourth-order valence-corrected chi connectivity index (χ4v) is 3.62. The number of nitrogens with one attached hydrogen (secondary N) is 1. The number of pyridine rings is 1. The zero-order chi connectivity index (χ0) is 16.6. The molecule has 23 heavy (non-hydrogen) atoms. The van der Waals surface area contributed by atoms with Crippen LogP contribution in [-0.2, 0) is 5.60 Å². The molecule has 0 aliphatic heterocycles. The van der Waals surface area contributed by atoms with Crippen molar-refractivity contribution in [1.29, 1.82) is 0 Å². The molecule has 4 nitrogen and oxygen atoms in total. The maximum absolute atomic E-state index is 10.8. The molecule has 3 aromatic rings. The topological polar surface area (TPSA) is 58.3 Å².